The Labute approximate surface area is 121 Å². The van der Waals surface area contributed by atoms with Crippen LogP contribution in [0.3, 0.4) is 0 Å². The summed E-state index contributed by atoms with van der Waals surface area (Å²) < 4.78 is 13.2. The van der Waals surface area contributed by atoms with Crippen LogP contribution < -0.4 is 5.32 Å². The first-order valence-electron chi connectivity index (χ1n) is 6.70. The van der Waals surface area contributed by atoms with Crippen LogP contribution in [0.15, 0.2) is 42.5 Å². The van der Waals surface area contributed by atoms with E-state index in [1.807, 2.05) is 32.0 Å². The predicted molar refractivity (Wildman–Crippen MR) is 82.1 cm³/mol. The molecule has 2 N–H and O–H groups in total. The number of aromatic nitrogens is 1. The van der Waals surface area contributed by atoms with Crippen LogP contribution in [0.1, 0.15) is 21.6 Å². The van der Waals surface area contributed by atoms with Crippen molar-refractivity contribution in [2.24, 2.45) is 0 Å². The molecular weight excluding hydrogens is 267 g/mol. The van der Waals surface area contributed by atoms with E-state index in [0.717, 1.165) is 22.2 Å². The van der Waals surface area contributed by atoms with Crippen LogP contribution in [0.4, 0.5) is 10.1 Å². The van der Waals surface area contributed by atoms with Gasteiger partial charge in [-0.3, -0.25) is 4.79 Å². The highest BCUT2D eigenvalue weighted by Gasteiger charge is 2.11. The molecule has 0 aliphatic carbocycles. The van der Waals surface area contributed by atoms with E-state index in [1.165, 1.54) is 12.1 Å². The molecule has 106 valence electrons. The first kappa shape index (κ1) is 13.4. The van der Waals surface area contributed by atoms with Crippen LogP contribution in [-0.2, 0) is 0 Å². The van der Waals surface area contributed by atoms with Gasteiger partial charge in [0.1, 0.15) is 11.5 Å². The van der Waals surface area contributed by atoms with Crippen LogP contribution in [0.5, 0.6) is 0 Å². The Morgan fingerprint density at radius 1 is 1.10 bits per heavy atom. The Kier molecular flexibility index (Phi) is 3.22. The summed E-state index contributed by atoms with van der Waals surface area (Å²) in [4.78, 5) is 15.2. The Bertz CT molecular complexity index is 836. The smallest absolute Gasteiger partial charge is 0.272 e. The van der Waals surface area contributed by atoms with Crippen LogP contribution >= 0.6 is 0 Å². The number of hydrogen-bond acceptors (Lipinski definition) is 1. The highest BCUT2D eigenvalue weighted by molar-refractivity contribution is 6.06. The number of nitrogens with one attached hydrogen (secondary N) is 2. The quantitative estimate of drug-likeness (QED) is 0.727. The lowest BCUT2D eigenvalue weighted by atomic mass is 10.1. The maximum absolute atomic E-state index is 13.2. The molecule has 0 atom stereocenters. The molecule has 1 aromatic heterocycles. The molecule has 1 amide bonds. The monoisotopic (exact) mass is 282 g/mol. The number of carbonyl (C=O) groups excluding carboxylic acids is 1. The molecule has 0 saturated carbocycles. The molecule has 0 fully saturated rings. The number of benzene rings is 2. The summed E-state index contributed by atoms with van der Waals surface area (Å²) >= 11 is 0. The molecule has 3 aromatic rings. The summed E-state index contributed by atoms with van der Waals surface area (Å²) in [5.74, 6) is -0.564. The molecule has 0 saturated heterocycles. The maximum Gasteiger partial charge on any atom is 0.272 e. The standard InChI is InChI=1S/C17H15FN2O/c1-10-3-4-11(2)14(7-10)20-17(21)16-8-12-5-6-13(18)9-15(12)19-16/h3-9,19H,1-2H3,(H,20,21). The van der Waals surface area contributed by atoms with Crippen molar-refractivity contribution in [1.29, 1.82) is 0 Å². The lowest BCUT2D eigenvalue weighted by Gasteiger charge is -2.08. The van der Waals surface area contributed by atoms with Crippen LogP contribution in [0.2, 0.25) is 0 Å². The van der Waals surface area contributed by atoms with E-state index in [2.05, 4.69) is 10.3 Å². The Hall–Kier alpha value is -2.62. The first-order chi connectivity index (χ1) is 10.0. The van der Waals surface area contributed by atoms with Gasteiger partial charge in [-0.05, 0) is 55.3 Å². The summed E-state index contributed by atoms with van der Waals surface area (Å²) in [5, 5.41) is 3.69. The van der Waals surface area contributed by atoms with Crippen molar-refractivity contribution < 1.29 is 9.18 Å². The van der Waals surface area contributed by atoms with Crippen LogP contribution in [0, 0.1) is 19.7 Å². The molecule has 0 aliphatic rings. The SMILES string of the molecule is Cc1ccc(C)c(NC(=O)c2cc3ccc(F)cc3[nH]2)c1. The van der Waals surface area contributed by atoms with Crippen molar-refractivity contribution in [2.45, 2.75) is 13.8 Å². The number of carbonyl (C=O) groups is 1. The number of aromatic amines is 1. The van der Waals surface area contributed by atoms with Crippen molar-refractivity contribution in [3.63, 3.8) is 0 Å². The third kappa shape index (κ3) is 2.65. The first-order valence-corrected chi connectivity index (χ1v) is 6.70. The third-order valence-corrected chi connectivity index (χ3v) is 3.47. The molecule has 1 heterocycles. The number of H-pyrrole nitrogens is 1. The van der Waals surface area contributed by atoms with Gasteiger partial charge in [-0.15, -0.1) is 0 Å². The normalized spacial score (nSPS) is 10.8. The molecule has 3 rings (SSSR count). The summed E-state index contributed by atoms with van der Waals surface area (Å²) in [6.45, 7) is 3.91. The fourth-order valence-corrected chi connectivity index (χ4v) is 2.28. The molecule has 0 radical (unpaired) electrons. The lowest BCUT2D eigenvalue weighted by Crippen LogP contribution is -2.13. The van der Waals surface area contributed by atoms with Gasteiger partial charge in [0.15, 0.2) is 0 Å². The van der Waals surface area contributed by atoms with Gasteiger partial charge in [0, 0.05) is 16.6 Å². The zero-order chi connectivity index (χ0) is 15.0. The molecule has 4 heteroatoms. The van der Waals surface area contributed by atoms with E-state index in [1.54, 1.807) is 12.1 Å². The van der Waals surface area contributed by atoms with Gasteiger partial charge < -0.3 is 10.3 Å². The van der Waals surface area contributed by atoms with E-state index in [9.17, 15) is 9.18 Å². The molecule has 2 aromatic carbocycles. The largest absolute Gasteiger partial charge is 0.350 e. The summed E-state index contributed by atoms with van der Waals surface area (Å²) in [6.07, 6.45) is 0. The second-order valence-corrected chi connectivity index (χ2v) is 5.19. The number of hydrogen-bond donors (Lipinski definition) is 2. The fourth-order valence-electron chi connectivity index (χ4n) is 2.28. The number of amides is 1. The van der Waals surface area contributed by atoms with Crippen LogP contribution in [0.25, 0.3) is 10.9 Å². The van der Waals surface area contributed by atoms with E-state index in [-0.39, 0.29) is 11.7 Å². The number of halogens is 1. The average molecular weight is 282 g/mol. The van der Waals surface area contributed by atoms with Gasteiger partial charge >= 0.3 is 0 Å². The minimum Gasteiger partial charge on any atom is -0.350 e. The highest BCUT2D eigenvalue weighted by Crippen LogP contribution is 2.20. The Morgan fingerprint density at radius 2 is 1.90 bits per heavy atom. The van der Waals surface area contributed by atoms with Gasteiger partial charge in [0.05, 0.1) is 0 Å². The predicted octanol–water partition coefficient (Wildman–Crippen LogP) is 4.18. The minimum atomic E-state index is -0.328. The van der Waals surface area contributed by atoms with E-state index in [4.69, 9.17) is 0 Å². The van der Waals surface area contributed by atoms with Gasteiger partial charge in [-0.2, -0.15) is 0 Å². The summed E-state index contributed by atoms with van der Waals surface area (Å²) in [7, 11) is 0. The van der Waals surface area contributed by atoms with Gasteiger partial charge in [-0.25, -0.2) is 4.39 Å². The molecular formula is C17H15FN2O. The molecule has 0 spiro atoms. The molecule has 0 bridgehead atoms. The molecule has 3 nitrogen and oxygen atoms in total. The highest BCUT2D eigenvalue weighted by atomic mass is 19.1. The Balaban J connectivity index is 1.91. The zero-order valence-electron chi connectivity index (χ0n) is 11.8. The lowest BCUT2D eigenvalue weighted by molar-refractivity contribution is 0.102. The van der Waals surface area contributed by atoms with Crippen molar-refractivity contribution >= 4 is 22.5 Å². The van der Waals surface area contributed by atoms with Gasteiger partial charge in [-0.1, -0.05) is 12.1 Å². The zero-order valence-corrected chi connectivity index (χ0v) is 11.8. The molecule has 0 unspecified atom stereocenters. The fraction of sp³-hybridized carbons (Fsp3) is 0.118. The van der Waals surface area contributed by atoms with Crippen molar-refractivity contribution in [3.8, 4) is 0 Å². The maximum atomic E-state index is 13.2. The van der Waals surface area contributed by atoms with Crippen molar-refractivity contribution in [2.75, 3.05) is 5.32 Å². The number of rotatable bonds is 2. The van der Waals surface area contributed by atoms with E-state index in [0.29, 0.717) is 11.2 Å². The average Bonchev–Trinajstić information content (AvgIpc) is 2.86. The van der Waals surface area contributed by atoms with Crippen LogP contribution in [-0.4, -0.2) is 10.9 Å². The third-order valence-electron chi connectivity index (χ3n) is 3.47. The number of anilines is 1. The summed E-state index contributed by atoms with van der Waals surface area (Å²) in [5.41, 5.74) is 3.88. The molecule has 0 aliphatic heterocycles. The molecule has 21 heavy (non-hydrogen) atoms. The van der Waals surface area contributed by atoms with Gasteiger partial charge in [0.25, 0.3) is 5.91 Å². The minimum absolute atomic E-state index is 0.236. The summed E-state index contributed by atoms with van der Waals surface area (Å²) in [6, 6.07) is 12.0. The van der Waals surface area contributed by atoms with E-state index >= 15 is 0 Å². The number of aryl methyl sites for hydroxylation is 2. The number of fused-ring (bicyclic) bond motifs is 1. The van der Waals surface area contributed by atoms with E-state index < -0.39 is 0 Å². The van der Waals surface area contributed by atoms with Crippen molar-refractivity contribution in [1.82, 2.24) is 4.98 Å². The van der Waals surface area contributed by atoms with Gasteiger partial charge in [0.2, 0.25) is 0 Å². The van der Waals surface area contributed by atoms with Crippen molar-refractivity contribution in [3.05, 3.63) is 65.1 Å². The second-order valence-electron chi connectivity index (χ2n) is 5.19. The Morgan fingerprint density at radius 3 is 2.71 bits per heavy atom. The topological polar surface area (TPSA) is 44.9 Å². The second kappa shape index (κ2) is 5.05.